The van der Waals surface area contributed by atoms with E-state index in [0.29, 0.717) is 28.7 Å². The number of rotatable bonds is 5. The van der Waals surface area contributed by atoms with Crippen molar-refractivity contribution < 1.29 is 14.3 Å². The molecule has 0 radical (unpaired) electrons. The Hall–Kier alpha value is -3.38. The molecule has 0 aromatic heterocycles. The van der Waals surface area contributed by atoms with Crippen molar-refractivity contribution in [1.29, 1.82) is 0 Å². The number of allylic oxidation sites excluding steroid dienone is 1. The topological polar surface area (TPSA) is 59.6 Å². The highest BCUT2D eigenvalue weighted by molar-refractivity contribution is 7.80. The Kier molecular flexibility index (Phi) is 5.68. The summed E-state index contributed by atoms with van der Waals surface area (Å²) in [4.78, 5) is 12.7. The van der Waals surface area contributed by atoms with Gasteiger partial charge in [-0.15, -0.1) is 0 Å². The van der Waals surface area contributed by atoms with E-state index in [1.54, 1.807) is 0 Å². The van der Waals surface area contributed by atoms with Crippen LogP contribution in [0.15, 0.2) is 78.0 Å². The molecule has 0 unspecified atom stereocenters. The van der Waals surface area contributed by atoms with E-state index in [4.69, 9.17) is 21.7 Å². The van der Waals surface area contributed by atoms with E-state index in [1.807, 2.05) is 73.7 Å². The zero-order valence-electron chi connectivity index (χ0n) is 16.8. The second-order valence-electron chi connectivity index (χ2n) is 7.03. The molecule has 2 N–H and O–H groups in total. The third-order valence-electron chi connectivity index (χ3n) is 5.13. The molecule has 0 saturated carbocycles. The van der Waals surface area contributed by atoms with Gasteiger partial charge in [-0.3, -0.25) is 0 Å². The molecule has 30 heavy (non-hydrogen) atoms. The summed E-state index contributed by atoms with van der Waals surface area (Å²) in [6.07, 6.45) is 0. The monoisotopic (exact) mass is 418 g/mol. The van der Waals surface area contributed by atoms with E-state index in [-0.39, 0.29) is 0 Å². The van der Waals surface area contributed by atoms with E-state index in [9.17, 15) is 4.79 Å². The van der Waals surface area contributed by atoms with E-state index < -0.39 is 12.0 Å². The zero-order valence-corrected chi connectivity index (χ0v) is 17.6. The number of benzene rings is 3. The largest absolute Gasteiger partial charge is 0.489 e. The summed E-state index contributed by atoms with van der Waals surface area (Å²) in [6.45, 7) is 2.24. The first-order chi connectivity index (χ1) is 14.6. The maximum Gasteiger partial charge on any atom is 0.337 e. The van der Waals surface area contributed by atoms with Gasteiger partial charge in [-0.1, -0.05) is 60.7 Å². The zero-order chi connectivity index (χ0) is 21.1. The molecule has 0 amide bonds. The normalized spacial score (nSPS) is 16.1. The van der Waals surface area contributed by atoms with Crippen molar-refractivity contribution in [2.24, 2.45) is 0 Å². The van der Waals surface area contributed by atoms with Gasteiger partial charge in [-0.05, 0) is 41.5 Å². The highest BCUT2D eigenvalue weighted by Gasteiger charge is 2.33. The van der Waals surface area contributed by atoms with Crippen LogP contribution in [0, 0.1) is 0 Å². The Morgan fingerprint density at radius 3 is 2.53 bits per heavy atom. The van der Waals surface area contributed by atoms with Crippen molar-refractivity contribution in [2.75, 3.05) is 7.11 Å². The molecule has 0 aliphatic carbocycles. The van der Waals surface area contributed by atoms with Gasteiger partial charge in [-0.2, -0.15) is 0 Å². The van der Waals surface area contributed by atoms with Crippen molar-refractivity contribution in [3.8, 4) is 5.75 Å². The Morgan fingerprint density at radius 2 is 1.77 bits per heavy atom. The van der Waals surface area contributed by atoms with Crippen LogP contribution in [0.2, 0.25) is 0 Å². The molecule has 1 heterocycles. The number of hydrogen-bond donors (Lipinski definition) is 2. The number of hydrogen-bond acceptors (Lipinski definition) is 4. The summed E-state index contributed by atoms with van der Waals surface area (Å²) in [5, 5.41) is 8.75. The second kappa shape index (κ2) is 8.55. The molecule has 0 fully saturated rings. The minimum absolute atomic E-state index is 0.415. The van der Waals surface area contributed by atoms with Gasteiger partial charge in [0.15, 0.2) is 5.11 Å². The first-order valence-corrected chi connectivity index (χ1v) is 10.0. The van der Waals surface area contributed by atoms with Crippen LogP contribution < -0.4 is 15.4 Å². The molecular formula is C24H22N2O3S. The Balaban J connectivity index is 1.85. The van der Waals surface area contributed by atoms with Gasteiger partial charge in [0.2, 0.25) is 0 Å². The molecule has 3 aromatic rings. The molecule has 1 atom stereocenters. The molecule has 0 spiro atoms. The summed E-state index contributed by atoms with van der Waals surface area (Å²) >= 11 is 5.39. The summed E-state index contributed by atoms with van der Waals surface area (Å²) in [5.74, 6) is 0.274. The van der Waals surface area contributed by atoms with Crippen molar-refractivity contribution in [3.63, 3.8) is 0 Å². The number of fused-ring (bicyclic) bond motifs is 1. The number of thiocarbonyl (C=S) groups is 1. The first kappa shape index (κ1) is 19.9. The van der Waals surface area contributed by atoms with Crippen LogP contribution in [0.4, 0.5) is 0 Å². The van der Waals surface area contributed by atoms with Crippen molar-refractivity contribution in [3.05, 3.63) is 89.1 Å². The third kappa shape index (κ3) is 3.86. The quantitative estimate of drug-likeness (QED) is 0.474. The maximum absolute atomic E-state index is 12.7. The van der Waals surface area contributed by atoms with Crippen LogP contribution in [0.5, 0.6) is 5.75 Å². The van der Waals surface area contributed by atoms with Gasteiger partial charge in [0, 0.05) is 11.3 Å². The molecule has 152 valence electrons. The number of ether oxygens (including phenoxy) is 2. The Bertz CT molecular complexity index is 1140. The third-order valence-corrected chi connectivity index (χ3v) is 5.35. The summed E-state index contributed by atoms with van der Waals surface area (Å²) in [6, 6.07) is 21.5. The van der Waals surface area contributed by atoms with Gasteiger partial charge in [-0.25, -0.2) is 4.79 Å². The highest BCUT2D eigenvalue weighted by Crippen LogP contribution is 2.39. The fourth-order valence-electron chi connectivity index (χ4n) is 3.73. The summed E-state index contributed by atoms with van der Waals surface area (Å²) < 4.78 is 11.3. The van der Waals surface area contributed by atoms with E-state index in [0.717, 1.165) is 21.9 Å². The lowest BCUT2D eigenvalue weighted by Crippen LogP contribution is -2.45. The van der Waals surface area contributed by atoms with Crippen molar-refractivity contribution in [1.82, 2.24) is 10.6 Å². The van der Waals surface area contributed by atoms with Crippen LogP contribution in [0.3, 0.4) is 0 Å². The van der Waals surface area contributed by atoms with Crippen LogP contribution in [0.25, 0.3) is 10.8 Å². The molecule has 3 aromatic carbocycles. The Morgan fingerprint density at radius 1 is 1.03 bits per heavy atom. The average Bonchev–Trinajstić information content (AvgIpc) is 2.77. The van der Waals surface area contributed by atoms with Gasteiger partial charge in [0.1, 0.15) is 12.4 Å². The predicted molar refractivity (Wildman–Crippen MR) is 121 cm³/mol. The molecule has 6 heteroatoms. The second-order valence-corrected chi connectivity index (χ2v) is 7.44. The number of carbonyl (C=O) groups is 1. The van der Waals surface area contributed by atoms with Crippen molar-refractivity contribution >= 4 is 34.1 Å². The first-order valence-electron chi connectivity index (χ1n) is 9.63. The predicted octanol–water partition coefficient (Wildman–Crippen LogP) is 4.38. The molecule has 0 saturated heterocycles. The molecular weight excluding hydrogens is 396 g/mol. The van der Waals surface area contributed by atoms with Gasteiger partial charge >= 0.3 is 5.97 Å². The highest BCUT2D eigenvalue weighted by atomic mass is 32.1. The summed E-state index contributed by atoms with van der Waals surface area (Å²) in [5.41, 5.74) is 3.06. The van der Waals surface area contributed by atoms with Gasteiger partial charge in [0.05, 0.1) is 18.7 Å². The molecule has 4 rings (SSSR count). The molecule has 1 aliphatic heterocycles. The number of methoxy groups -OCH3 is 1. The minimum atomic E-state index is -0.497. The SMILES string of the molecule is COC(=O)C1=C(C)NC(=S)N[C@H]1c1c(OCc2ccccc2)ccc2ccccc12. The number of carbonyl (C=O) groups excluding carboxylic acids is 1. The smallest absolute Gasteiger partial charge is 0.337 e. The Labute approximate surface area is 180 Å². The average molecular weight is 419 g/mol. The van der Waals surface area contributed by atoms with Crippen LogP contribution in [-0.4, -0.2) is 18.2 Å². The van der Waals surface area contributed by atoms with Crippen LogP contribution in [0.1, 0.15) is 24.1 Å². The maximum atomic E-state index is 12.7. The molecule has 0 bridgehead atoms. The fourth-order valence-corrected chi connectivity index (χ4v) is 4.00. The number of esters is 1. The lowest BCUT2D eigenvalue weighted by Gasteiger charge is -2.31. The van der Waals surface area contributed by atoms with E-state index in [1.165, 1.54) is 7.11 Å². The van der Waals surface area contributed by atoms with E-state index in [2.05, 4.69) is 10.6 Å². The van der Waals surface area contributed by atoms with Crippen LogP contribution in [-0.2, 0) is 16.1 Å². The fraction of sp³-hybridized carbons (Fsp3) is 0.167. The number of nitrogens with one attached hydrogen (secondary N) is 2. The van der Waals surface area contributed by atoms with Gasteiger partial charge < -0.3 is 20.1 Å². The van der Waals surface area contributed by atoms with E-state index >= 15 is 0 Å². The van der Waals surface area contributed by atoms with Gasteiger partial charge in [0.25, 0.3) is 0 Å². The van der Waals surface area contributed by atoms with Crippen molar-refractivity contribution in [2.45, 2.75) is 19.6 Å². The molecule has 1 aliphatic rings. The minimum Gasteiger partial charge on any atom is -0.489 e. The lowest BCUT2D eigenvalue weighted by molar-refractivity contribution is -0.136. The lowest BCUT2D eigenvalue weighted by atomic mass is 9.90. The summed E-state index contributed by atoms with van der Waals surface area (Å²) in [7, 11) is 1.38. The van der Waals surface area contributed by atoms with Crippen LogP contribution >= 0.6 is 12.2 Å². The molecule has 5 nitrogen and oxygen atoms in total. The standard InChI is InChI=1S/C24H22N2O3S/c1-15-20(23(27)28-2)22(26-24(30)25-15)21-18-11-7-6-10-17(18)12-13-19(21)29-14-16-8-4-3-5-9-16/h3-13,22H,14H2,1-2H3,(H2,25,26,30)/t22-/m1/s1.